The highest BCUT2D eigenvalue weighted by Crippen LogP contribution is 2.22. The van der Waals surface area contributed by atoms with E-state index in [1.54, 1.807) is 23.9 Å². The maximum atomic E-state index is 13.8. The minimum absolute atomic E-state index is 0.122. The third-order valence-electron chi connectivity index (χ3n) is 5.16. The molecule has 162 valence electrons. The fourth-order valence-electron chi connectivity index (χ4n) is 3.60. The Morgan fingerprint density at radius 1 is 1.39 bits per heavy atom. The van der Waals surface area contributed by atoms with Gasteiger partial charge in [-0.2, -0.15) is 5.10 Å². The summed E-state index contributed by atoms with van der Waals surface area (Å²) in [5.41, 5.74) is 4.92. The number of carbonyl (C=O) groups is 1. The molecule has 0 saturated heterocycles. The van der Waals surface area contributed by atoms with Crippen molar-refractivity contribution in [3.63, 3.8) is 0 Å². The molecule has 0 bridgehead atoms. The predicted molar refractivity (Wildman–Crippen MR) is 125 cm³/mol. The van der Waals surface area contributed by atoms with Gasteiger partial charge in [0.2, 0.25) is 0 Å². The molecule has 0 aliphatic carbocycles. The maximum Gasteiger partial charge on any atom is 0.338 e. The average molecular weight is 440 g/mol. The van der Waals surface area contributed by atoms with Crippen LogP contribution in [-0.4, -0.2) is 26.3 Å². The molecule has 31 heavy (non-hydrogen) atoms. The van der Waals surface area contributed by atoms with Crippen LogP contribution in [0, 0.1) is 6.92 Å². The fourth-order valence-corrected chi connectivity index (χ4v) is 4.01. The van der Waals surface area contributed by atoms with Gasteiger partial charge in [-0.25, -0.2) is 4.79 Å². The summed E-state index contributed by atoms with van der Waals surface area (Å²) in [6.45, 7) is 10.1. The molecule has 0 N–H and O–H groups in total. The molecular formula is C24H26FN3O2S. The van der Waals surface area contributed by atoms with Crippen molar-refractivity contribution >= 4 is 30.5 Å². The summed E-state index contributed by atoms with van der Waals surface area (Å²) in [6.07, 6.45) is 8.06. The van der Waals surface area contributed by atoms with Gasteiger partial charge >= 0.3 is 5.97 Å². The second kappa shape index (κ2) is 9.83. The van der Waals surface area contributed by atoms with Gasteiger partial charge in [0.15, 0.2) is 12.3 Å². The second-order valence-electron chi connectivity index (χ2n) is 7.17. The maximum absolute atomic E-state index is 13.8. The summed E-state index contributed by atoms with van der Waals surface area (Å²) in [7, 11) is 1.82. The minimum atomic E-state index is -0.328. The molecule has 3 rings (SSSR count). The minimum Gasteiger partial charge on any atom is -0.462 e. The number of ether oxygens (including phenoxy) is 1. The van der Waals surface area contributed by atoms with Crippen molar-refractivity contribution in [1.29, 1.82) is 0 Å². The van der Waals surface area contributed by atoms with E-state index in [1.165, 1.54) is 3.97 Å². The van der Waals surface area contributed by atoms with Crippen molar-refractivity contribution in [3.8, 4) is 11.3 Å². The van der Waals surface area contributed by atoms with E-state index in [0.717, 1.165) is 27.5 Å². The van der Waals surface area contributed by atoms with Crippen molar-refractivity contribution in [2.24, 2.45) is 7.05 Å². The van der Waals surface area contributed by atoms with Crippen molar-refractivity contribution in [3.05, 3.63) is 76.1 Å². The number of allylic oxidation sites excluding steroid dienone is 2. The van der Waals surface area contributed by atoms with Gasteiger partial charge in [-0.1, -0.05) is 30.9 Å². The molecule has 2 aromatic heterocycles. The summed E-state index contributed by atoms with van der Waals surface area (Å²) < 4.78 is 22.2. The lowest BCUT2D eigenvalue weighted by Gasteiger charge is -2.11. The van der Waals surface area contributed by atoms with E-state index in [2.05, 4.69) is 11.7 Å². The van der Waals surface area contributed by atoms with E-state index in [0.29, 0.717) is 29.6 Å². The summed E-state index contributed by atoms with van der Waals surface area (Å²) >= 11 is 0.122. The lowest BCUT2D eigenvalue weighted by atomic mass is 9.95. The van der Waals surface area contributed by atoms with E-state index < -0.39 is 0 Å². The largest absolute Gasteiger partial charge is 0.462 e. The molecule has 7 heteroatoms. The molecule has 0 unspecified atom stereocenters. The van der Waals surface area contributed by atoms with Crippen LogP contribution >= 0.6 is 12.3 Å². The van der Waals surface area contributed by atoms with Crippen LogP contribution in [-0.2, 0) is 18.2 Å². The van der Waals surface area contributed by atoms with Gasteiger partial charge in [0, 0.05) is 24.0 Å². The molecule has 0 fully saturated rings. The van der Waals surface area contributed by atoms with E-state index in [1.807, 2.05) is 57.4 Å². The SMILES string of the molecule is C=c1/c(=C(\C=C/C)Cc2cccc(C(=O)OCC)c2C)cc(-c2cnn(C)c2)n1SF. The highest BCUT2D eigenvalue weighted by atomic mass is 32.2. The standard InChI is InChI=1S/C24H26FN3O2S/c1-6-9-19(12-18-10-8-11-21(16(18)3)24(29)30-7-2)22-13-23(28(31-25)17(22)4)20-14-26-27(5)15-20/h6,8-11,13-15H,4,7,12H2,1-3,5H3/b9-6-,22-19+. The van der Waals surface area contributed by atoms with Crippen LogP contribution in [0.1, 0.15) is 35.3 Å². The van der Waals surface area contributed by atoms with E-state index in [-0.39, 0.29) is 18.3 Å². The number of esters is 1. The molecule has 1 aromatic carbocycles. The molecule has 3 aromatic rings. The van der Waals surface area contributed by atoms with Crippen molar-refractivity contribution in [1.82, 2.24) is 13.8 Å². The second-order valence-corrected chi connectivity index (χ2v) is 7.67. The summed E-state index contributed by atoms with van der Waals surface area (Å²) in [5, 5.41) is 5.61. The molecule has 2 heterocycles. The molecule has 0 saturated carbocycles. The van der Waals surface area contributed by atoms with Crippen molar-refractivity contribution in [2.45, 2.75) is 27.2 Å². The van der Waals surface area contributed by atoms with Crippen LogP contribution in [0.15, 0.2) is 48.8 Å². The molecule has 0 spiro atoms. The molecular weight excluding hydrogens is 413 g/mol. The molecule has 0 radical (unpaired) electrons. The Labute approximate surface area is 186 Å². The van der Waals surface area contributed by atoms with Gasteiger partial charge in [0.05, 0.1) is 29.4 Å². The number of rotatable bonds is 7. The quantitative estimate of drug-likeness (QED) is 0.520. The molecule has 5 nitrogen and oxygen atoms in total. The number of aromatic nitrogens is 3. The topological polar surface area (TPSA) is 49.0 Å². The van der Waals surface area contributed by atoms with E-state index >= 15 is 0 Å². The Bertz CT molecular complexity index is 1240. The lowest BCUT2D eigenvalue weighted by molar-refractivity contribution is 0.0525. The number of hydrogen-bond acceptors (Lipinski definition) is 4. The zero-order valence-corrected chi connectivity index (χ0v) is 19.0. The zero-order chi connectivity index (χ0) is 22.5. The number of hydrogen-bond donors (Lipinski definition) is 0. The van der Waals surface area contributed by atoms with E-state index in [4.69, 9.17) is 4.74 Å². The Kier molecular flexibility index (Phi) is 7.17. The summed E-state index contributed by atoms with van der Waals surface area (Å²) in [5.74, 6) is -0.328. The van der Waals surface area contributed by atoms with Crippen molar-refractivity contribution < 1.29 is 13.4 Å². The molecule has 0 amide bonds. The third kappa shape index (κ3) is 4.66. The van der Waals surface area contributed by atoms with Gasteiger partial charge in [-0.3, -0.25) is 8.65 Å². The van der Waals surface area contributed by atoms with Crippen LogP contribution < -0.4 is 10.6 Å². The Balaban J connectivity index is 2.16. The van der Waals surface area contributed by atoms with Gasteiger partial charge in [0.25, 0.3) is 0 Å². The lowest BCUT2D eigenvalue weighted by Crippen LogP contribution is -2.27. The van der Waals surface area contributed by atoms with Crippen LogP contribution in [0.4, 0.5) is 3.89 Å². The number of halogens is 1. The van der Waals surface area contributed by atoms with Crippen LogP contribution in [0.5, 0.6) is 0 Å². The first-order valence-corrected chi connectivity index (χ1v) is 10.7. The highest BCUT2D eigenvalue weighted by molar-refractivity contribution is 7.92. The Morgan fingerprint density at radius 2 is 2.16 bits per heavy atom. The first kappa shape index (κ1) is 22.6. The summed E-state index contributed by atoms with van der Waals surface area (Å²) in [6, 6.07) is 7.56. The normalized spacial score (nSPS) is 12.4. The number of nitrogens with zero attached hydrogens (tertiary/aromatic N) is 3. The smallest absolute Gasteiger partial charge is 0.338 e. The van der Waals surface area contributed by atoms with Crippen LogP contribution in [0.3, 0.4) is 0 Å². The van der Waals surface area contributed by atoms with Gasteiger partial charge in [0.1, 0.15) is 0 Å². The first-order valence-electron chi connectivity index (χ1n) is 10.0. The molecule has 0 aliphatic heterocycles. The fraction of sp³-hybridized carbons (Fsp3) is 0.250. The van der Waals surface area contributed by atoms with Crippen molar-refractivity contribution in [2.75, 3.05) is 6.61 Å². The highest BCUT2D eigenvalue weighted by Gasteiger charge is 2.15. The van der Waals surface area contributed by atoms with E-state index in [9.17, 15) is 8.68 Å². The molecule has 0 atom stereocenters. The third-order valence-corrected chi connectivity index (χ3v) is 5.72. The van der Waals surface area contributed by atoms with Gasteiger partial charge < -0.3 is 4.74 Å². The summed E-state index contributed by atoms with van der Waals surface area (Å²) in [4.78, 5) is 12.3. The first-order chi connectivity index (χ1) is 14.9. The monoisotopic (exact) mass is 439 g/mol. The van der Waals surface area contributed by atoms with Gasteiger partial charge in [-0.15, -0.1) is 3.89 Å². The molecule has 0 aliphatic rings. The van der Waals surface area contributed by atoms with Gasteiger partial charge in [-0.05, 0) is 56.0 Å². The average Bonchev–Trinajstić information content (AvgIpc) is 3.31. The number of carbonyl (C=O) groups excluding carboxylic acids is 1. The van der Waals surface area contributed by atoms with Crippen LogP contribution in [0.2, 0.25) is 0 Å². The Hall–Kier alpha value is -3.06. The zero-order valence-electron chi connectivity index (χ0n) is 18.2. The van der Waals surface area contributed by atoms with Crippen LogP contribution in [0.25, 0.3) is 23.4 Å². The predicted octanol–water partition coefficient (Wildman–Crippen LogP) is 4.13. The number of benzene rings is 1. The number of aryl methyl sites for hydroxylation is 1. The Morgan fingerprint density at radius 3 is 2.77 bits per heavy atom.